The molecule has 0 saturated carbocycles. The van der Waals surface area contributed by atoms with E-state index in [9.17, 15) is 9.90 Å². The van der Waals surface area contributed by atoms with Crippen LogP contribution >= 0.6 is 15.9 Å². The summed E-state index contributed by atoms with van der Waals surface area (Å²) >= 11 is 3.13. The lowest BCUT2D eigenvalue weighted by atomic mass is 10.0. The number of hydrogen-bond donors (Lipinski definition) is 3. The fourth-order valence-corrected chi connectivity index (χ4v) is 1.55. The van der Waals surface area contributed by atoms with Crippen molar-refractivity contribution in [1.82, 2.24) is 9.97 Å². The number of nitrogens with one attached hydrogen (secondary N) is 2. The third-order valence-corrected chi connectivity index (χ3v) is 3.01. The van der Waals surface area contributed by atoms with Crippen molar-refractivity contribution in [3.8, 4) is 0 Å². The predicted molar refractivity (Wildman–Crippen MR) is 68.2 cm³/mol. The molecule has 0 bridgehead atoms. The first-order valence-electron chi connectivity index (χ1n) is 5.14. The Balaban J connectivity index is 2.61. The van der Waals surface area contributed by atoms with E-state index >= 15 is 0 Å². The topological polar surface area (TPSA) is 87.2 Å². The second-order valence-corrected chi connectivity index (χ2v) is 4.78. The first-order chi connectivity index (χ1) is 7.96. The molecule has 0 radical (unpaired) electrons. The van der Waals surface area contributed by atoms with E-state index in [0.717, 1.165) is 0 Å². The molecule has 6 nitrogen and oxygen atoms in total. The Labute approximate surface area is 108 Å². The standard InChI is InChI=1S/C10H16BrN3O3/c1-10(16,3-4-17-2)5-12-8-7(11)9(15)14-6-13-8/h6,16H,3-5H2,1-2H3,(H2,12,13,14,15). The van der Waals surface area contributed by atoms with Gasteiger partial charge in [0.25, 0.3) is 5.56 Å². The second kappa shape index (κ2) is 6.13. The summed E-state index contributed by atoms with van der Waals surface area (Å²) in [5, 5.41) is 12.9. The number of anilines is 1. The molecule has 0 saturated heterocycles. The lowest BCUT2D eigenvalue weighted by Crippen LogP contribution is -2.35. The van der Waals surface area contributed by atoms with Crippen molar-refractivity contribution < 1.29 is 9.84 Å². The quantitative estimate of drug-likeness (QED) is 0.721. The van der Waals surface area contributed by atoms with E-state index in [-0.39, 0.29) is 12.1 Å². The van der Waals surface area contributed by atoms with Crippen molar-refractivity contribution in [1.29, 1.82) is 0 Å². The molecule has 0 fully saturated rings. The summed E-state index contributed by atoms with van der Waals surface area (Å²) in [6.07, 6.45) is 1.80. The highest BCUT2D eigenvalue weighted by molar-refractivity contribution is 9.10. The van der Waals surface area contributed by atoms with Crippen molar-refractivity contribution in [2.45, 2.75) is 18.9 Å². The lowest BCUT2D eigenvalue weighted by Gasteiger charge is -2.23. The van der Waals surface area contributed by atoms with Crippen LogP contribution in [0.3, 0.4) is 0 Å². The molecule has 0 aliphatic rings. The van der Waals surface area contributed by atoms with E-state index in [0.29, 0.717) is 23.3 Å². The van der Waals surface area contributed by atoms with Crippen LogP contribution in [0.1, 0.15) is 13.3 Å². The van der Waals surface area contributed by atoms with E-state index in [4.69, 9.17) is 4.74 Å². The van der Waals surface area contributed by atoms with Crippen LogP contribution < -0.4 is 10.9 Å². The fraction of sp³-hybridized carbons (Fsp3) is 0.600. The average Bonchev–Trinajstić information content (AvgIpc) is 2.29. The maximum absolute atomic E-state index is 11.3. The molecule has 0 aliphatic heterocycles. The van der Waals surface area contributed by atoms with Crippen LogP contribution in [0, 0.1) is 0 Å². The summed E-state index contributed by atoms with van der Waals surface area (Å²) in [5.74, 6) is 0.409. The van der Waals surface area contributed by atoms with Crippen LogP contribution in [0.25, 0.3) is 0 Å². The minimum Gasteiger partial charge on any atom is -0.388 e. The van der Waals surface area contributed by atoms with Crippen molar-refractivity contribution in [3.63, 3.8) is 0 Å². The highest BCUT2D eigenvalue weighted by atomic mass is 79.9. The van der Waals surface area contributed by atoms with Gasteiger partial charge >= 0.3 is 0 Å². The number of aromatic amines is 1. The predicted octanol–water partition coefficient (Wildman–Crippen LogP) is 0.732. The third kappa shape index (κ3) is 4.45. The zero-order valence-electron chi connectivity index (χ0n) is 9.79. The van der Waals surface area contributed by atoms with Gasteiger partial charge in [-0.2, -0.15) is 0 Å². The molecule has 0 aliphatic carbocycles. The van der Waals surface area contributed by atoms with Crippen molar-refractivity contribution in [3.05, 3.63) is 21.2 Å². The van der Waals surface area contributed by atoms with Crippen molar-refractivity contribution in [2.75, 3.05) is 25.6 Å². The largest absolute Gasteiger partial charge is 0.388 e. The van der Waals surface area contributed by atoms with Crippen LogP contribution in [0.4, 0.5) is 5.82 Å². The Morgan fingerprint density at radius 2 is 2.41 bits per heavy atom. The van der Waals surface area contributed by atoms with Gasteiger partial charge in [0.15, 0.2) is 0 Å². The molecule has 7 heteroatoms. The molecular weight excluding hydrogens is 290 g/mol. The van der Waals surface area contributed by atoms with E-state index in [1.165, 1.54) is 6.33 Å². The number of methoxy groups -OCH3 is 1. The minimum absolute atomic E-state index is 0.265. The monoisotopic (exact) mass is 305 g/mol. The molecule has 1 aromatic heterocycles. The Kier molecular flexibility index (Phi) is 5.10. The summed E-state index contributed by atoms with van der Waals surface area (Å²) in [6.45, 7) is 2.45. The van der Waals surface area contributed by atoms with Gasteiger partial charge in [0, 0.05) is 26.7 Å². The number of rotatable bonds is 6. The maximum Gasteiger partial charge on any atom is 0.267 e. The SMILES string of the molecule is COCCC(C)(O)CNc1nc[nH]c(=O)c1Br. The Hall–Kier alpha value is -0.920. The number of aliphatic hydroxyl groups is 1. The second-order valence-electron chi connectivity index (χ2n) is 3.99. The molecule has 0 aromatic carbocycles. The van der Waals surface area contributed by atoms with E-state index < -0.39 is 5.60 Å². The summed E-state index contributed by atoms with van der Waals surface area (Å²) < 4.78 is 5.23. The zero-order chi connectivity index (χ0) is 12.9. The number of hydrogen-bond acceptors (Lipinski definition) is 5. The minimum atomic E-state index is -0.917. The first-order valence-corrected chi connectivity index (χ1v) is 5.94. The number of halogens is 1. The zero-order valence-corrected chi connectivity index (χ0v) is 11.4. The van der Waals surface area contributed by atoms with Crippen molar-refractivity contribution >= 4 is 21.7 Å². The summed E-state index contributed by atoms with van der Waals surface area (Å²) in [6, 6.07) is 0. The molecule has 1 aromatic rings. The van der Waals surface area contributed by atoms with E-state index in [1.54, 1.807) is 14.0 Å². The van der Waals surface area contributed by atoms with Gasteiger partial charge in [-0.05, 0) is 22.9 Å². The Morgan fingerprint density at radius 3 is 3.06 bits per heavy atom. The molecule has 3 N–H and O–H groups in total. The van der Waals surface area contributed by atoms with Gasteiger partial charge in [-0.25, -0.2) is 4.98 Å². The van der Waals surface area contributed by atoms with Crippen LogP contribution in [0.5, 0.6) is 0 Å². The van der Waals surface area contributed by atoms with Gasteiger partial charge in [-0.3, -0.25) is 4.79 Å². The molecule has 17 heavy (non-hydrogen) atoms. The van der Waals surface area contributed by atoms with Gasteiger partial charge in [0.2, 0.25) is 0 Å². The van der Waals surface area contributed by atoms with Crippen LogP contribution in [-0.2, 0) is 4.74 Å². The molecule has 1 atom stereocenters. The first kappa shape index (κ1) is 14.1. The Morgan fingerprint density at radius 1 is 1.71 bits per heavy atom. The van der Waals surface area contributed by atoms with Crippen LogP contribution in [0.2, 0.25) is 0 Å². The summed E-state index contributed by atoms with van der Waals surface area (Å²) in [7, 11) is 1.58. The van der Waals surface area contributed by atoms with Gasteiger partial charge in [0.1, 0.15) is 10.3 Å². The van der Waals surface area contributed by atoms with Crippen LogP contribution in [0.15, 0.2) is 15.6 Å². The highest BCUT2D eigenvalue weighted by Crippen LogP contribution is 2.16. The number of H-pyrrole nitrogens is 1. The molecular formula is C10H16BrN3O3. The number of aromatic nitrogens is 2. The number of ether oxygens (including phenoxy) is 1. The van der Waals surface area contributed by atoms with Crippen LogP contribution in [-0.4, -0.2) is 40.9 Å². The maximum atomic E-state index is 11.3. The van der Waals surface area contributed by atoms with Gasteiger partial charge < -0.3 is 20.1 Å². The molecule has 0 amide bonds. The highest BCUT2D eigenvalue weighted by Gasteiger charge is 2.20. The average molecular weight is 306 g/mol. The third-order valence-electron chi connectivity index (χ3n) is 2.28. The molecule has 96 valence electrons. The normalized spacial score (nSPS) is 14.4. The Bertz CT molecular complexity index is 420. The lowest BCUT2D eigenvalue weighted by molar-refractivity contribution is 0.0357. The van der Waals surface area contributed by atoms with Crippen molar-refractivity contribution in [2.24, 2.45) is 0 Å². The number of nitrogens with zero attached hydrogens (tertiary/aromatic N) is 1. The smallest absolute Gasteiger partial charge is 0.267 e. The van der Waals surface area contributed by atoms with E-state index in [2.05, 4.69) is 31.2 Å². The van der Waals surface area contributed by atoms with Gasteiger partial charge in [-0.1, -0.05) is 0 Å². The fourth-order valence-electron chi connectivity index (χ4n) is 1.19. The molecule has 0 spiro atoms. The summed E-state index contributed by atoms with van der Waals surface area (Å²) in [4.78, 5) is 17.7. The molecule has 1 heterocycles. The summed E-state index contributed by atoms with van der Waals surface area (Å²) in [5.41, 5.74) is -1.18. The van der Waals surface area contributed by atoms with Gasteiger partial charge in [-0.15, -0.1) is 0 Å². The van der Waals surface area contributed by atoms with Gasteiger partial charge in [0.05, 0.1) is 11.9 Å². The molecule has 1 rings (SSSR count). The molecule has 1 unspecified atom stereocenters. The van der Waals surface area contributed by atoms with E-state index in [1.807, 2.05) is 0 Å².